The molecule has 2 aliphatic heterocycles. The molecule has 0 bridgehead atoms. The predicted molar refractivity (Wildman–Crippen MR) is 56.5 cm³/mol. The van der Waals surface area contributed by atoms with Crippen LogP contribution in [0.5, 0.6) is 0 Å². The Morgan fingerprint density at radius 1 is 0.923 bits per heavy atom. The Balaban J connectivity index is 2.11. The lowest BCUT2D eigenvalue weighted by Crippen LogP contribution is -2.58. The quantitative estimate of drug-likeness (QED) is 0.505. The molecule has 0 aliphatic carbocycles. The van der Waals surface area contributed by atoms with Crippen LogP contribution in [0.1, 0.15) is 40.0 Å². The second-order valence-corrected chi connectivity index (χ2v) is 5.59. The fourth-order valence-electron chi connectivity index (χ4n) is 3.52. The zero-order valence-electron chi connectivity index (χ0n) is 9.42. The van der Waals surface area contributed by atoms with E-state index in [0.29, 0.717) is 0 Å². The molecule has 13 heavy (non-hydrogen) atoms. The van der Waals surface area contributed by atoms with E-state index in [-0.39, 0.29) is 0 Å². The van der Waals surface area contributed by atoms with Gasteiger partial charge in [-0.25, -0.2) is 0 Å². The van der Waals surface area contributed by atoms with Gasteiger partial charge in [0.05, 0.1) is 25.7 Å². The zero-order chi connectivity index (χ0) is 9.47. The van der Waals surface area contributed by atoms with Crippen LogP contribution >= 0.6 is 0 Å². The van der Waals surface area contributed by atoms with Gasteiger partial charge in [0.25, 0.3) is 0 Å². The summed E-state index contributed by atoms with van der Waals surface area (Å²) < 4.78 is 1.46. The van der Waals surface area contributed by atoms with Gasteiger partial charge >= 0.3 is 0 Å². The van der Waals surface area contributed by atoms with E-state index >= 15 is 0 Å². The Morgan fingerprint density at radius 3 is 2.15 bits per heavy atom. The summed E-state index contributed by atoms with van der Waals surface area (Å²) in [6.45, 7) is 11.8. The summed E-state index contributed by atoms with van der Waals surface area (Å²) in [6.07, 6.45) is 4.41. The fraction of sp³-hybridized carbons (Fsp3) is 1.00. The van der Waals surface area contributed by atoms with Crippen LogP contribution in [0.25, 0.3) is 0 Å². The van der Waals surface area contributed by atoms with Crippen molar-refractivity contribution in [3.8, 4) is 0 Å². The number of piperidine rings is 1. The average molecular weight is 182 g/mol. The molecule has 1 nitrogen and oxygen atoms in total. The van der Waals surface area contributed by atoms with Crippen molar-refractivity contribution in [3.05, 3.63) is 0 Å². The Labute approximate surface area is 82.7 Å². The lowest BCUT2D eigenvalue weighted by Gasteiger charge is -2.48. The number of hydrogen-bond acceptors (Lipinski definition) is 0. The lowest BCUT2D eigenvalue weighted by atomic mass is 9.83. The third-order valence-electron chi connectivity index (χ3n) is 4.73. The third kappa shape index (κ3) is 1.52. The van der Waals surface area contributed by atoms with Gasteiger partial charge in [-0.1, -0.05) is 13.8 Å². The topological polar surface area (TPSA) is 0 Å². The molecule has 76 valence electrons. The molecule has 2 rings (SSSR count). The maximum absolute atomic E-state index is 2.48. The molecule has 3 atom stereocenters. The van der Waals surface area contributed by atoms with Crippen molar-refractivity contribution >= 4 is 0 Å². The normalized spacial score (nSPS) is 44.1. The summed E-state index contributed by atoms with van der Waals surface area (Å²) in [5.41, 5.74) is 0. The molecule has 3 unspecified atom stereocenters. The zero-order valence-corrected chi connectivity index (χ0v) is 9.42. The Hall–Kier alpha value is -0.0400. The molecular weight excluding hydrogens is 158 g/mol. The molecule has 0 aromatic heterocycles. The summed E-state index contributed by atoms with van der Waals surface area (Å²) in [4.78, 5) is 0. The summed E-state index contributed by atoms with van der Waals surface area (Å²) >= 11 is 0. The Bertz CT molecular complexity index is 182. The smallest absolute Gasteiger partial charge is 0.0864 e. The van der Waals surface area contributed by atoms with Gasteiger partial charge < -0.3 is 4.48 Å². The van der Waals surface area contributed by atoms with Gasteiger partial charge in [0.1, 0.15) is 0 Å². The molecule has 2 saturated heterocycles. The first kappa shape index (κ1) is 9.51. The highest BCUT2D eigenvalue weighted by atomic mass is 15.4. The minimum Gasteiger partial charge on any atom is -0.321 e. The van der Waals surface area contributed by atoms with Crippen LogP contribution in [0.15, 0.2) is 0 Å². The van der Waals surface area contributed by atoms with Crippen molar-refractivity contribution in [2.75, 3.05) is 19.6 Å². The van der Waals surface area contributed by atoms with Crippen LogP contribution in [-0.4, -0.2) is 30.2 Å². The van der Waals surface area contributed by atoms with Crippen LogP contribution in [0.4, 0.5) is 0 Å². The molecule has 2 aliphatic rings. The van der Waals surface area contributed by atoms with Gasteiger partial charge in [-0.2, -0.15) is 0 Å². The number of nitrogens with zero attached hydrogens (tertiary/aromatic N) is 1. The summed E-state index contributed by atoms with van der Waals surface area (Å²) in [7, 11) is 0. The van der Waals surface area contributed by atoms with Crippen LogP contribution in [0.3, 0.4) is 0 Å². The van der Waals surface area contributed by atoms with E-state index < -0.39 is 0 Å². The fourth-order valence-corrected chi connectivity index (χ4v) is 3.52. The first-order chi connectivity index (χ1) is 6.14. The highest BCUT2D eigenvalue weighted by Crippen LogP contribution is 2.36. The number of hydrogen-bond donors (Lipinski definition) is 0. The standard InChI is InChI=1S/C12H24N/c1-10-8-12(3)13(9-11(10)2)6-4-5-7-13/h10-12H,4-9H2,1-3H3/q+1. The molecule has 1 spiro atoms. The Kier molecular flexibility index (Phi) is 2.39. The van der Waals surface area contributed by atoms with E-state index in [1.165, 1.54) is 43.4 Å². The molecule has 0 radical (unpaired) electrons. The summed E-state index contributed by atoms with van der Waals surface area (Å²) in [5, 5.41) is 0. The molecule has 2 heterocycles. The van der Waals surface area contributed by atoms with Crippen LogP contribution in [-0.2, 0) is 0 Å². The van der Waals surface area contributed by atoms with Gasteiger partial charge in [-0.3, -0.25) is 0 Å². The van der Waals surface area contributed by atoms with E-state index in [9.17, 15) is 0 Å². The molecule has 0 saturated carbocycles. The highest BCUT2D eigenvalue weighted by molar-refractivity contribution is 4.75. The van der Waals surface area contributed by atoms with E-state index in [1.54, 1.807) is 0 Å². The van der Waals surface area contributed by atoms with E-state index in [1.807, 2.05) is 0 Å². The van der Waals surface area contributed by atoms with Gasteiger partial charge in [0, 0.05) is 25.2 Å². The van der Waals surface area contributed by atoms with Crippen molar-refractivity contribution in [1.29, 1.82) is 0 Å². The first-order valence-electron chi connectivity index (χ1n) is 6.00. The lowest BCUT2D eigenvalue weighted by molar-refractivity contribution is -0.947. The van der Waals surface area contributed by atoms with Crippen LogP contribution in [0.2, 0.25) is 0 Å². The van der Waals surface area contributed by atoms with Gasteiger partial charge in [-0.05, 0) is 12.8 Å². The SMILES string of the molecule is CC1CC(C)[N+]2(CCCC2)CC1C. The van der Waals surface area contributed by atoms with E-state index in [2.05, 4.69) is 20.8 Å². The van der Waals surface area contributed by atoms with Crippen molar-refractivity contribution in [2.24, 2.45) is 11.8 Å². The second-order valence-electron chi connectivity index (χ2n) is 5.59. The predicted octanol–water partition coefficient (Wildman–Crippen LogP) is 2.66. The van der Waals surface area contributed by atoms with Crippen molar-refractivity contribution in [2.45, 2.75) is 46.1 Å². The molecule has 0 amide bonds. The van der Waals surface area contributed by atoms with Gasteiger partial charge in [-0.15, -0.1) is 0 Å². The van der Waals surface area contributed by atoms with Crippen LogP contribution < -0.4 is 0 Å². The summed E-state index contributed by atoms with van der Waals surface area (Å²) in [5.74, 6) is 1.91. The molecule has 0 N–H and O–H groups in total. The average Bonchev–Trinajstić information content (AvgIpc) is 2.51. The monoisotopic (exact) mass is 182 g/mol. The number of quaternary nitrogens is 1. The first-order valence-corrected chi connectivity index (χ1v) is 6.00. The van der Waals surface area contributed by atoms with Crippen molar-refractivity contribution < 1.29 is 4.48 Å². The molecule has 1 heteroatoms. The molecular formula is C12H24N+. The van der Waals surface area contributed by atoms with Crippen molar-refractivity contribution in [1.82, 2.24) is 0 Å². The van der Waals surface area contributed by atoms with E-state index in [0.717, 1.165) is 17.9 Å². The van der Waals surface area contributed by atoms with Crippen molar-refractivity contribution in [3.63, 3.8) is 0 Å². The molecule has 0 aromatic carbocycles. The van der Waals surface area contributed by atoms with Gasteiger partial charge in [0.2, 0.25) is 0 Å². The maximum atomic E-state index is 2.48. The minimum atomic E-state index is 0.939. The Morgan fingerprint density at radius 2 is 1.54 bits per heavy atom. The molecule has 0 aromatic rings. The molecule has 2 fully saturated rings. The largest absolute Gasteiger partial charge is 0.321 e. The second kappa shape index (κ2) is 3.27. The number of rotatable bonds is 0. The highest BCUT2D eigenvalue weighted by Gasteiger charge is 2.43. The van der Waals surface area contributed by atoms with Crippen LogP contribution in [0, 0.1) is 11.8 Å². The van der Waals surface area contributed by atoms with Gasteiger partial charge in [0.15, 0.2) is 0 Å². The third-order valence-corrected chi connectivity index (χ3v) is 4.73. The summed E-state index contributed by atoms with van der Waals surface area (Å²) in [6, 6.07) is 0.939. The minimum absolute atomic E-state index is 0.939. The maximum Gasteiger partial charge on any atom is 0.0864 e. The van der Waals surface area contributed by atoms with E-state index in [4.69, 9.17) is 0 Å².